The number of sulfonamides is 1. The molecule has 0 atom stereocenters. The SMILES string of the molecule is CCNC(=NCC(C)(C)OC)NCCNS(=O)(=O)c1cc(C)sc1C. The largest absolute Gasteiger partial charge is 0.377 e. The van der Waals surface area contributed by atoms with Gasteiger partial charge in [-0.1, -0.05) is 0 Å². The molecule has 0 amide bonds. The molecule has 144 valence electrons. The third-order valence-electron chi connectivity index (χ3n) is 3.51. The second-order valence-corrected chi connectivity index (χ2v) is 9.46. The van der Waals surface area contributed by atoms with Crippen molar-refractivity contribution in [2.45, 2.75) is 45.1 Å². The summed E-state index contributed by atoms with van der Waals surface area (Å²) in [6, 6.07) is 1.70. The van der Waals surface area contributed by atoms with Crippen molar-refractivity contribution in [1.29, 1.82) is 0 Å². The molecule has 0 saturated heterocycles. The van der Waals surface area contributed by atoms with Gasteiger partial charge in [0.2, 0.25) is 10.0 Å². The highest BCUT2D eigenvalue weighted by atomic mass is 32.2. The zero-order valence-corrected chi connectivity index (χ0v) is 17.5. The molecule has 0 aliphatic rings. The van der Waals surface area contributed by atoms with Crippen LogP contribution in [0, 0.1) is 13.8 Å². The second-order valence-electron chi connectivity index (χ2n) is 6.26. The highest BCUT2D eigenvalue weighted by Crippen LogP contribution is 2.24. The monoisotopic (exact) mass is 390 g/mol. The van der Waals surface area contributed by atoms with Crippen molar-refractivity contribution in [3.05, 3.63) is 15.8 Å². The van der Waals surface area contributed by atoms with Crippen LogP contribution >= 0.6 is 11.3 Å². The van der Waals surface area contributed by atoms with E-state index >= 15 is 0 Å². The van der Waals surface area contributed by atoms with Crippen LogP contribution in [0.1, 0.15) is 30.5 Å². The number of hydrogen-bond donors (Lipinski definition) is 3. The Morgan fingerprint density at radius 3 is 2.48 bits per heavy atom. The van der Waals surface area contributed by atoms with E-state index in [9.17, 15) is 8.42 Å². The van der Waals surface area contributed by atoms with Gasteiger partial charge in [-0.3, -0.25) is 4.99 Å². The summed E-state index contributed by atoms with van der Waals surface area (Å²) >= 11 is 1.48. The molecule has 9 heteroatoms. The Morgan fingerprint density at radius 1 is 1.28 bits per heavy atom. The summed E-state index contributed by atoms with van der Waals surface area (Å²) < 4.78 is 32.6. The van der Waals surface area contributed by atoms with Gasteiger partial charge in [0.15, 0.2) is 5.96 Å². The van der Waals surface area contributed by atoms with Gasteiger partial charge in [0, 0.05) is 36.5 Å². The molecule has 1 rings (SSSR count). The molecule has 0 aliphatic carbocycles. The van der Waals surface area contributed by atoms with E-state index in [1.807, 2.05) is 34.6 Å². The van der Waals surface area contributed by atoms with E-state index in [0.717, 1.165) is 16.3 Å². The quantitative estimate of drug-likeness (QED) is 0.339. The molecular formula is C16H30N4O3S2. The van der Waals surface area contributed by atoms with Gasteiger partial charge in [0.1, 0.15) is 0 Å². The molecule has 7 nitrogen and oxygen atoms in total. The van der Waals surface area contributed by atoms with Gasteiger partial charge in [-0.25, -0.2) is 13.1 Å². The molecule has 25 heavy (non-hydrogen) atoms. The average Bonchev–Trinajstić information content (AvgIpc) is 2.88. The molecule has 0 radical (unpaired) electrons. The summed E-state index contributed by atoms with van der Waals surface area (Å²) in [4.78, 5) is 6.60. The van der Waals surface area contributed by atoms with Gasteiger partial charge in [-0.2, -0.15) is 0 Å². The first-order valence-corrected chi connectivity index (χ1v) is 10.6. The highest BCUT2D eigenvalue weighted by Gasteiger charge is 2.18. The lowest BCUT2D eigenvalue weighted by Crippen LogP contribution is -2.42. The number of rotatable bonds is 9. The lowest BCUT2D eigenvalue weighted by molar-refractivity contribution is 0.0310. The number of nitrogens with zero attached hydrogens (tertiary/aromatic N) is 1. The second kappa shape index (κ2) is 9.51. The molecular weight excluding hydrogens is 360 g/mol. The number of guanidine groups is 1. The minimum atomic E-state index is -3.48. The van der Waals surface area contributed by atoms with Crippen molar-refractivity contribution in [3.8, 4) is 0 Å². The third-order valence-corrected chi connectivity index (χ3v) is 6.19. The molecule has 1 heterocycles. The van der Waals surface area contributed by atoms with Gasteiger partial charge in [-0.05, 0) is 40.7 Å². The Bertz CT molecular complexity index is 682. The van der Waals surface area contributed by atoms with Crippen LogP contribution in [0.3, 0.4) is 0 Å². The first kappa shape index (κ1) is 21.9. The Hall–Kier alpha value is -1.16. The molecule has 0 bridgehead atoms. The smallest absolute Gasteiger partial charge is 0.241 e. The molecule has 0 saturated carbocycles. The molecule has 3 N–H and O–H groups in total. The summed E-state index contributed by atoms with van der Waals surface area (Å²) in [6.07, 6.45) is 0. The fourth-order valence-electron chi connectivity index (χ4n) is 1.99. The van der Waals surface area contributed by atoms with Crippen molar-refractivity contribution in [2.24, 2.45) is 4.99 Å². The summed E-state index contributed by atoms with van der Waals surface area (Å²) in [5, 5.41) is 6.25. The number of ether oxygens (including phenoxy) is 1. The average molecular weight is 391 g/mol. The van der Waals surface area contributed by atoms with Crippen LogP contribution in [0.2, 0.25) is 0 Å². The Kier molecular flexibility index (Phi) is 8.33. The lowest BCUT2D eigenvalue weighted by atomic mass is 10.1. The van der Waals surface area contributed by atoms with Crippen LogP contribution in [0.25, 0.3) is 0 Å². The standard InChI is InChI=1S/C16H30N4O3S2/c1-7-17-15(19-11-16(4,5)23-6)18-8-9-20-25(21,22)14-10-12(2)24-13(14)3/h10,20H,7-9,11H2,1-6H3,(H2,17,18,19). The van der Waals surface area contributed by atoms with Crippen LogP contribution in [-0.4, -0.2) is 53.3 Å². The number of aliphatic imine (C=N–C) groups is 1. The number of aryl methyl sites for hydroxylation is 2. The molecule has 0 unspecified atom stereocenters. The zero-order chi connectivity index (χ0) is 19.1. The van der Waals surface area contributed by atoms with Crippen molar-refractivity contribution < 1.29 is 13.2 Å². The van der Waals surface area contributed by atoms with Crippen molar-refractivity contribution in [3.63, 3.8) is 0 Å². The molecule has 1 aromatic rings. The summed E-state index contributed by atoms with van der Waals surface area (Å²) in [6.45, 7) is 11.5. The zero-order valence-electron chi connectivity index (χ0n) is 15.9. The Labute approximate surface area is 155 Å². The van der Waals surface area contributed by atoms with E-state index in [0.29, 0.717) is 23.9 Å². The van der Waals surface area contributed by atoms with E-state index in [2.05, 4.69) is 20.3 Å². The van der Waals surface area contributed by atoms with E-state index < -0.39 is 10.0 Å². The van der Waals surface area contributed by atoms with Crippen LogP contribution < -0.4 is 15.4 Å². The van der Waals surface area contributed by atoms with Gasteiger partial charge in [0.05, 0.1) is 17.0 Å². The van der Waals surface area contributed by atoms with Crippen molar-refractivity contribution in [1.82, 2.24) is 15.4 Å². The fraction of sp³-hybridized carbons (Fsp3) is 0.688. The van der Waals surface area contributed by atoms with Crippen LogP contribution in [0.5, 0.6) is 0 Å². The van der Waals surface area contributed by atoms with Gasteiger partial charge >= 0.3 is 0 Å². The minimum Gasteiger partial charge on any atom is -0.377 e. The number of methoxy groups -OCH3 is 1. The summed E-state index contributed by atoms with van der Waals surface area (Å²) in [5.74, 6) is 0.634. The lowest BCUT2D eigenvalue weighted by Gasteiger charge is -2.21. The maximum atomic E-state index is 12.3. The van der Waals surface area contributed by atoms with Crippen molar-refractivity contribution >= 4 is 27.3 Å². The van der Waals surface area contributed by atoms with Gasteiger partial charge in [0.25, 0.3) is 0 Å². The maximum absolute atomic E-state index is 12.3. The molecule has 0 aromatic carbocycles. The maximum Gasteiger partial charge on any atom is 0.241 e. The Morgan fingerprint density at radius 2 is 1.96 bits per heavy atom. The normalized spacial score (nSPS) is 13.1. The summed E-state index contributed by atoms with van der Waals surface area (Å²) in [7, 11) is -1.83. The predicted octanol–water partition coefficient (Wildman–Crippen LogP) is 1.62. The number of thiophene rings is 1. The van der Waals surface area contributed by atoms with Crippen LogP contribution in [-0.2, 0) is 14.8 Å². The van der Waals surface area contributed by atoms with Crippen LogP contribution in [0.4, 0.5) is 0 Å². The van der Waals surface area contributed by atoms with Gasteiger partial charge in [-0.15, -0.1) is 11.3 Å². The van der Waals surface area contributed by atoms with E-state index in [1.54, 1.807) is 13.2 Å². The van der Waals surface area contributed by atoms with E-state index in [1.165, 1.54) is 11.3 Å². The first-order chi connectivity index (χ1) is 11.6. The number of hydrogen-bond acceptors (Lipinski definition) is 5. The Balaban J connectivity index is 2.56. The molecule has 0 spiro atoms. The topological polar surface area (TPSA) is 91.8 Å². The van der Waals surface area contributed by atoms with Gasteiger partial charge < -0.3 is 15.4 Å². The minimum absolute atomic E-state index is 0.273. The van der Waals surface area contributed by atoms with Crippen LogP contribution in [0.15, 0.2) is 16.0 Å². The molecule has 1 aromatic heterocycles. The van der Waals surface area contributed by atoms with E-state index in [-0.39, 0.29) is 12.1 Å². The molecule has 0 aliphatic heterocycles. The summed E-state index contributed by atoms with van der Waals surface area (Å²) in [5.41, 5.74) is -0.349. The third kappa shape index (κ3) is 7.31. The first-order valence-electron chi connectivity index (χ1n) is 8.25. The fourth-order valence-corrected chi connectivity index (χ4v) is 4.58. The molecule has 0 fully saturated rings. The number of nitrogens with one attached hydrogen (secondary N) is 3. The van der Waals surface area contributed by atoms with E-state index in [4.69, 9.17) is 4.74 Å². The van der Waals surface area contributed by atoms with Crippen molar-refractivity contribution in [2.75, 3.05) is 33.3 Å². The predicted molar refractivity (Wildman–Crippen MR) is 104 cm³/mol. The highest BCUT2D eigenvalue weighted by molar-refractivity contribution is 7.89.